The van der Waals surface area contributed by atoms with Gasteiger partial charge in [-0.25, -0.2) is 4.39 Å². The molecule has 3 nitrogen and oxygen atoms in total. The average molecular weight is 206 g/mol. The highest BCUT2D eigenvalue weighted by Crippen LogP contribution is 2.29. The molecule has 0 spiro atoms. The van der Waals surface area contributed by atoms with Gasteiger partial charge in [0.25, 0.3) is 0 Å². The lowest BCUT2D eigenvalue weighted by Crippen LogP contribution is -1.90. The Morgan fingerprint density at radius 1 is 1.33 bits per heavy atom. The smallest absolute Gasteiger partial charge is 0.141 e. The van der Waals surface area contributed by atoms with Crippen molar-refractivity contribution in [3.05, 3.63) is 35.5 Å². The molecular formula is C11H11FN2O. The van der Waals surface area contributed by atoms with E-state index in [1.54, 1.807) is 26.0 Å². The molecule has 0 saturated heterocycles. The number of aryl methyl sites for hydroxylation is 2. The summed E-state index contributed by atoms with van der Waals surface area (Å²) in [4.78, 5) is 0. The predicted molar refractivity (Wildman–Crippen MR) is 55.8 cm³/mol. The van der Waals surface area contributed by atoms with E-state index < -0.39 is 0 Å². The summed E-state index contributed by atoms with van der Waals surface area (Å²) < 4.78 is 18.6. The van der Waals surface area contributed by atoms with Crippen LogP contribution in [0, 0.1) is 19.7 Å². The zero-order valence-electron chi connectivity index (χ0n) is 8.54. The molecule has 0 bridgehead atoms. The SMILES string of the molecule is Cc1noc(C)c1-c1ccc(N)cc1F. The van der Waals surface area contributed by atoms with E-state index in [0.717, 1.165) is 0 Å². The van der Waals surface area contributed by atoms with Crippen molar-refractivity contribution in [3.8, 4) is 11.1 Å². The highest BCUT2D eigenvalue weighted by atomic mass is 19.1. The highest BCUT2D eigenvalue weighted by Gasteiger charge is 2.14. The van der Waals surface area contributed by atoms with Crippen LogP contribution in [0.2, 0.25) is 0 Å². The molecule has 0 aliphatic carbocycles. The van der Waals surface area contributed by atoms with Crippen LogP contribution in [-0.4, -0.2) is 5.16 Å². The summed E-state index contributed by atoms with van der Waals surface area (Å²) in [5.41, 5.74) is 7.73. The fourth-order valence-corrected chi connectivity index (χ4v) is 1.60. The van der Waals surface area contributed by atoms with Crippen molar-refractivity contribution in [2.45, 2.75) is 13.8 Å². The number of nitrogens with zero attached hydrogens (tertiary/aromatic N) is 1. The van der Waals surface area contributed by atoms with Crippen LogP contribution in [0.5, 0.6) is 0 Å². The Kier molecular flexibility index (Phi) is 2.19. The maximum atomic E-state index is 13.6. The van der Waals surface area contributed by atoms with Crippen molar-refractivity contribution < 1.29 is 8.91 Å². The molecule has 0 radical (unpaired) electrons. The average Bonchev–Trinajstić information content (AvgIpc) is 2.48. The molecule has 1 heterocycles. The van der Waals surface area contributed by atoms with E-state index in [0.29, 0.717) is 28.3 Å². The van der Waals surface area contributed by atoms with Crippen molar-refractivity contribution in [3.63, 3.8) is 0 Å². The second-order valence-corrected chi connectivity index (χ2v) is 3.44. The van der Waals surface area contributed by atoms with Gasteiger partial charge in [0, 0.05) is 11.3 Å². The third kappa shape index (κ3) is 1.58. The first-order valence-corrected chi connectivity index (χ1v) is 4.58. The summed E-state index contributed by atoms with van der Waals surface area (Å²) in [6.45, 7) is 3.53. The second kappa shape index (κ2) is 3.38. The maximum Gasteiger partial charge on any atom is 0.141 e. The van der Waals surface area contributed by atoms with Crippen molar-refractivity contribution in [1.82, 2.24) is 5.16 Å². The lowest BCUT2D eigenvalue weighted by Gasteiger charge is -2.02. The summed E-state index contributed by atoms with van der Waals surface area (Å²) in [5, 5.41) is 3.78. The molecule has 2 rings (SSSR count). The molecule has 0 saturated carbocycles. The number of nitrogen functional groups attached to an aromatic ring is 1. The monoisotopic (exact) mass is 206 g/mol. The van der Waals surface area contributed by atoms with E-state index in [1.165, 1.54) is 6.07 Å². The van der Waals surface area contributed by atoms with Gasteiger partial charge in [0.1, 0.15) is 11.6 Å². The number of rotatable bonds is 1. The van der Waals surface area contributed by atoms with Crippen molar-refractivity contribution in [1.29, 1.82) is 0 Å². The Balaban J connectivity index is 2.64. The van der Waals surface area contributed by atoms with E-state index in [1.807, 2.05) is 0 Å². The maximum absolute atomic E-state index is 13.6. The van der Waals surface area contributed by atoms with Crippen LogP contribution in [0.4, 0.5) is 10.1 Å². The molecule has 15 heavy (non-hydrogen) atoms. The summed E-state index contributed by atoms with van der Waals surface area (Å²) in [5.74, 6) is 0.251. The number of anilines is 1. The molecule has 0 aliphatic rings. The standard InChI is InChI=1S/C11H11FN2O/c1-6-11(7(2)15-14-6)9-4-3-8(13)5-10(9)12/h3-5H,13H2,1-2H3. The Bertz CT molecular complexity index is 486. The van der Waals surface area contributed by atoms with Gasteiger partial charge in [-0.15, -0.1) is 0 Å². The Labute approximate surface area is 86.7 Å². The molecule has 0 fully saturated rings. The molecular weight excluding hydrogens is 195 g/mol. The molecule has 2 aromatic rings. The quantitative estimate of drug-likeness (QED) is 0.730. The number of hydrogen-bond donors (Lipinski definition) is 1. The van der Waals surface area contributed by atoms with Gasteiger partial charge in [0.05, 0.1) is 11.3 Å². The first-order chi connectivity index (χ1) is 7.09. The van der Waals surface area contributed by atoms with Crippen LogP contribution < -0.4 is 5.73 Å². The van der Waals surface area contributed by atoms with Crippen LogP contribution in [0.3, 0.4) is 0 Å². The number of hydrogen-bond acceptors (Lipinski definition) is 3. The molecule has 4 heteroatoms. The molecule has 1 aromatic heterocycles. The number of halogens is 1. The molecule has 0 atom stereocenters. The van der Waals surface area contributed by atoms with Crippen LogP contribution in [-0.2, 0) is 0 Å². The summed E-state index contributed by atoms with van der Waals surface area (Å²) in [7, 11) is 0. The fraction of sp³-hybridized carbons (Fsp3) is 0.182. The van der Waals surface area contributed by atoms with Crippen LogP contribution in [0.1, 0.15) is 11.5 Å². The minimum Gasteiger partial charge on any atom is -0.399 e. The van der Waals surface area contributed by atoms with Gasteiger partial charge in [0.15, 0.2) is 0 Å². The zero-order chi connectivity index (χ0) is 11.0. The van der Waals surface area contributed by atoms with E-state index in [9.17, 15) is 4.39 Å². The normalized spacial score (nSPS) is 10.6. The van der Waals surface area contributed by atoms with E-state index in [-0.39, 0.29) is 5.82 Å². The number of benzene rings is 1. The van der Waals surface area contributed by atoms with Crippen LogP contribution in [0.15, 0.2) is 22.7 Å². The minimum absolute atomic E-state index is 0.357. The predicted octanol–water partition coefficient (Wildman–Crippen LogP) is 2.68. The van der Waals surface area contributed by atoms with Gasteiger partial charge < -0.3 is 10.3 Å². The Morgan fingerprint density at radius 3 is 2.60 bits per heavy atom. The lowest BCUT2D eigenvalue weighted by atomic mass is 10.0. The topological polar surface area (TPSA) is 52.0 Å². The van der Waals surface area contributed by atoms with Gasteiger partial charge in [0.2, 0.25) is 0 Å². The first-order valence-electron chi connectivity index (χ1n) is 4.58. The minimum atomic E-state index is -0.357. The lowest BCUT2D eigenvalue weighted by molar-refractivity contribution is 0.393. The summed E-state index contributed by atoms with van der Waals surface area (Å²) in [6, 6.07) is 4.59. The highest BCUT2D eigenvalue weighted by molar-refractivity contribution is 5.69. The third-order valence-corrected chi connectivity index (χ3v) is 2.30. The second-order valence-electron chi connectivity index (χ2n) is 3.44. The molecule has 0 amide bonds. The number of nitrogens with two attached hydrogens (primary N) is 1. The fourth-order valence-electron chi connectivity index (χ4n) is 1.60. The largest absolute Gasteiger partial charge is 0.399 e. The van der Waals surface area contributed by atoms with E-state index in [4.69, 9.17) is 10.3 Å². The van der Waals surface area contributed by atoms with Gasteiger partial charge in [-0.2, -0.15) is 0 Å². The van der Waals surface area contributed by atoms with Crippen LogP contribution >= 0.6 is 0 Å². The van der Waals surface area contributed by atoms with Crippen LogP contribution in [0.25, 0.3) is 11.1 Å². The Hall–Kier alpha value is -1.84. The summed E-state index contributed by atoms with van der Waals surface area (Å²) >= 11 is 0. The van der Waals surface area contributed by atoms with Crippen molar-refractivity contribution in [2.24, 2.45) is 0 Å². The van der Waals surface area contributed by atoms with Crippen molar-refractivity contribution in [2.75, 3.05) is 5.73 Å². The van der Waals surface area contributed by atoms with Gasteiger partial charge in [-0.05, 0) is 32.0 Å². The van der Waals surface area contributed by atoms with E-state index in [2.05, 4.69) is 5.16 Å². The third-order valence-electron chi connectivity index (χ3n) is 2.30. The Morgan fingerprint density at radius 2 is 2.07 bits per heavy atom. The molecule has 78 valence electrons. The molecule has 2 N–H and O–H groups in total. The molecule has 0 unspecified atom stereocenters. The van der Waals surface area contributed by atoms with Gasteiger partial charge in [-0.3, -0.25) is 0 Å². The summed E-state index contributed by atoms with van der Waals surface area (Å²) in [6.07, 6.45) is 0. The first kappa shape index (κ1) is 9.71. The number of aromatic nitrogens is 1. The zero-order valence-corrected chi connectivity index (χ0v) is 8.54. The van der Waals surface area contributed by atoms with Gasteiger partial charge >= 0.3 is 0 Å². The molecule has 1 aromatic carbocycles. The molecule has 0 aliphatic heterocycles. The van der Waals surface area contributed by atoms with E-state index >= 15 is 0 Å². The van der Waals surface area contributed by atoms with Crippen molar-refractivity contribution >= 4 is 5.69 Å². The van der Waals surface area contributed by atoms with Gasteiger partial charge in [-0.1, -0.05) is 5.16 Å².